The Morgan fingerprint density at radius 2 is 1.59 bits per heavy atom. The van der Waals surface area contributed by atoms with Crippen LogP contribution in [0.25, 0.3) is 0 Å². The molecule has 0 radical (unpaired) electrons. The lowest BCUT2D eigenvalue weighted by Crippen LogP contribution is -2.24. The standard InChI is InChI=1S/C19H24N2O6/c1-10-15(19(23)27-6)11(2)21-16(10)18(22)20-9-12-7-13(24-3)17(26-5)14(8-12)25-4/h7-8,21H,9H2,1-6H3,(H,20,22). The first-order valence-corrected chi connectivity index (χ1v) is 8.22. The molecule has 0 fully saturated rings. The number of methoxy groups -OCH3 is 4. The van der Waals surface area contributed by atoms with Crippen molar-refractivity contribution in [1.29, 1.82) is 0 Å². The summed E-state index contributed by atoms with van der Waals surface area (Å²) in [4.78, 5) is 27.4. The van der Waals surface area contributed by atoms with Crippen LogP contribution in [0, 0.1) is 13.8 Å². The number of H-pyrrole nitrogens is 1. The summed E-state index contributed by atoms with van der Waals surface area (Å²) in [6.07, 6.45) is 0. The van der Waals surface area contributed by atoms with Gasteiger partial charge in [-0.2, -0.15) is 0 Å². The lowest BCUT2D eigenvalue weighted by Gasteiger charge is -2.14. The SMILES string of the molecule is COC(=O)c1c(C)[nH]c(C(=O)NCc2cc(OC)c(OC)c(OC)c2)c1C. The van der Waals surface area contributed by atoms with Gasteiger partial charge in [0.2, 0.25) is 5.75 Å². The molecule has 1 aromatic carbocycles. The number of ether oxygens (including phenoxy) is 4. The number of esters is 1. The molecule has 2 rings (SSSR count). The molecule has 0 unspecified atom stereocenters. The molecule has 0 atom stereocenters. The smallest absolute Gasteiger partial charge is 0.339 e. The highest BCUT2D eigenvalue weighted by molar-refractivity contribution is 6.00. The predicted octanol–water partition coefficient (Wildman–Crippen LogP) is 2.37. The first-order chi connectivity index (χ1) is 12.9. The van der Waals surface area contributed by atoms with Gasteiger partial charge in [0, 0.05) is 12.2 Å². The summed E-state index contributed by atoms with van der Waals surface area (Å²) in [5.41, 5.74) is 2.58. The van der Waals surface area contributed by atoms with Crippen molar-refractivity contribution in [3.8, 4) is 17.2 Å². The van der Waals surface area contributed by atoms with Crippen molar-refractivity contribution >= 4 is 11.9 Å². The molecular formula is C19H24N2O6. The number of carbonyl (C=O) groups is 2. The maximum atomic E-state index is 12.6. The molecule has 0 aliphatic carbocycles. The highest BCUT2D eigenvalue weighted by atomic mass is 16.5. The van der Waals surface area contributed by atoms with Crippen molar-refractivity contribution in [3.63, 3.8) is 0 Å². The Morgan fingerprint density at radius 3 is 2.07 bits per heavy atom. The molecule has 0 aliphatic heterocycles. The van der Waals surface area contributed by atoms with Crippen LogP contribution in [0.2, 0.25) is 0 Å². The zero-order valence-electron chi connectivity index (χ0n) is 16.3. The molecular weight excluding hydrogens is 352 g/mol. The molecule has 1 heterocycles. The van der Waals surface area contributed by atoms with Crippen LogP contribution in [-0.2, 0) is 11.3 Å². The van der Waals surface area contributed by atoms with Gasteiger partial charge in [-0.1, -0.05) is 0 Å². The van der Waals surface area contributed by atoms with Gasteiger partial charge in [-0.3, -0.25) is 4.79 Å². The summed E-state index contributed by atoms with van der Waals surface area (Å²) in [5, 5.41) is 2.82. The van der Waals surface area contributed by atoms with Gasteiger partial charge in [-0.05, 0) is 37.1 Å². The molecule has 0 spiro atoms. The fourth-order valence-corrected chi connectivity index (χ4v) is 2.89. The monoisotopic (exact) mass is 376 g/mol. The van der Waals surface area contributed by atoms with E-state index in [1.54, 1.807) is 26.0 Å². The lowest BCUT2D eigenvalue weighted by atomic mass is 10.1. The van der Waals surface area contributed by atoms with E-state index in [9.17, 15) is 9.59 Å². The molecule has 2 N–H and O–H groups in total. The minimum absolute atomic E-state index is 0.237. The Morgan fingerprint density at radius 1 is 1.00 bits per heavy atom. The predicted molar refractivity (Wildman–Crippen MR) is 98.9 cm³/mol. The first-order valence-electron chi connectivity index (χ1n) is 8.22. The number of aromatic amines is 1. The fourth-order valence-electron chi connectivity index (χ4n) is 2.89. The molecule has 0 saturated carbocycles. The van der Waals surface area contributed by atoms with E-state index in [-0.39, 0.29) is 12.5 Å². The van der Waals surface area contributed by atoms with Gasteiger partial charge in [0.05, 0.1) is 34.0 Å². The highest BCUT2D eigenvalue weighted by Gasteiger charge is 2.22. The van der Waals surface area contributed by atoms with Gasteiger partial charge in [0.25, 0.3) is 5.91 Å². The van der Waals surface area contributed by atoms with E-state index < -0.39 is 5.97 Å². The van der Waals surface area contributed by atoms with Crippen LogP contribution in [0.3, 0.4) is 0 Å². The van der Waals surface area contributed by atoms with E-state index in [1.807, 2.05) is 0 Å². The molecule has 1 amide bonds. The summed E-state index contributed by atoms with van der Waals surface area (Å²) in [6.45, 7) is 3.65. The third-order valence-electron chi connectivity index (χ3n) is 4.23. The van der Waals surface area contributed by atoms with Crippen molar-refractivity contribution < 1.29 is 28.5 Å². The Balaban J connectivity index is 2.22. The maximum Gasteiger partial charge on any atom is 0.339 e. The minimum atomic E-state index is -0.482. The van der Waals surface area contributed by atoms with Crippen molar-refractivity contribution in [2.24, 2.45) is 0 Å². The van der Waals surface area contributed by atoms with Crippen LogP contribution in [0.4, 0.5) is 0 Å². The van der Waals surface area contributed by atoms with E-state index in [1.165, 1.54) is 28.4 Å². The zero-order valence-corrected chi connectivity index (χ0v) is 16.3. The number of hydrogen-bond donors (Lipinski definition) is 2. The van der Waals surface area contributed by atoms with E-state index >= 15 is 0 Å². The first kappa shape index (κ1) is 20.2. The van der Waals surface area contributed by atoms with E-state index in [4.69, 9.17) is 18.9 Å². The number of amides is 1. The summed E-state index contributed by atoms with van der Waals surface area (Å²) in [5.74, 6) is 0.667. The van der Waals surface area contributed by atoms with Gasteiger partial charge >= 0.3 is 5.97 Å². The van der Waals surface area contributed by atoms with Crippen molar-refractivity contribution in [3.05, 3.63) is 40.2 Å². The van der Waals surface area contributed by atoms with Crippen molar-refractivity contribution in [2.45, 2.75) is 20.4 Å². The second-order valence-electron chi connectivity index (χ2n) is 5.83. The Kier molecular flexibility index (Phi) is 6.33. The van der Waals surface area contributed by atoms with Crippen molar-refractivity contribution in [2.75, 3.05) is 28.4 Å². The fraction of sp³-hybridized carbons (Fsp3) is 0.368. The second kappa shape index (κ2) is 8.48. The normalized spacial score (nSPS) is 10.3. The van der Waals surface area contributed by atoms with Crippen LogP contribution >= 0.6 is 0 Å². The summed E-state index contributed by atoms with van der Waals surface area (Å²) in [6, 6.07) is 3.52. The van der Waals surface area contributed by atoms with Crippen LogP contribution in [0.1, 0.15) is 37.7 Å². The van der Waals surface area contributed by atoms with Crippen LogP contribution in [0.15, 0.2) is 12.1 Å². The summed E-state index contributed by atoms with van der Waals surface area (Å²) >= 11 is 0. The average Bonchev–Trinajstić information content (AvgIpc) is 2.98. The number of hydrogen-bond acceptors (Lipinski definition) is 6. The van der Waals surface area contributed by atoms with Gasteiger partial charge in [-0.25, -0.2) is 4.79 Å². The molecule has 8 nitrogen and oxygen atoms in total. The molecule has 0 bridgehead atoms. The summed E-state index contributed by atoms with van der Waals surface area (Å²) in [7, 11) is 5.88. The summed E-state index contributed by atoms with van der Waals surface area (Å²) < 4.78 is 20.7. The van der Waals surface area contributed by atoms with Gasteiger partial charge < -0.3 is 29.2 Å². The molecule has 27 heavy (non-hydrogen) atoms. The molecule has 146 valence electrons. The number of aromatic nitrogens is 1. The molecule has 0 aliphatic rings. The molecule has 8 heteroatoms. The number of rotatable bonds is 7. The highest BCUT2D eigenvalue weighted by Crippen LogP contribution is 2.38. The zero-order chi connectivity index (χ0) is 20.1. The third-order valence-corrected chi connectivity index (χ3v) is 4.23. The van der Waals surface area contributed by atoms with E-state index in [2.05, 4.69) is 10.3 Å². The molecule has 2 aromatic rings. The molecule has 0 saturated heterocycles. The molecule has 1 aromatic heterocycles. The Hall–Kier alpha value is -3.16. The Bertz CT molecular complexity index is 831. The third kappa shape index (κ3) is 3.99. The maximum absolute atomic E-state index is 12.6. The van der Waals surface area contributed by atoms with Gasteiger partial charge in [-0.15, -0.1) is 0 Å². The number of benzene rings is 1. The number of carbonyl (C=O) groups excluding carboxylic acids is 2. The Labute approximate surface area is 157 Å². The van der Waals surface area contributed by atoms with Crippen LogP contribution in [0.5, 0.6) is 17.2 Å². The number of nitrogens with one attached hydrogen (secondary N) is 2. The largest absolute Gasteiger partial charge is 0.493 e. The lowest BCUT2D eigenvalue weighted by molar-refractivity contribution is 0.0599. The van der Waals surface area contributed by atoms with E-state index in [0.29, 0.717) is 39.8 Å². The van der Waals surface area contributed by atoms with Gasteiger partial charge in [0.1, 0.15) is 5.69 Å². The second-order valence-corrected chi connectivity index (χ2v) is 5.83. The minimum Gasteiger partial charge on any atom is -0.493 e. The van der Waals surface area contributed by atoms with Gasteiger partial charge in [0.15, 0.2) is 11.5 Å². The average molecular weight is 376 g/mol. The van der Waals surface area contributed by atoms with Crippen molar-refractivity contribution in [1.82, 2.24) is 10.3 Å². The number of aryl methyl sites for hydroxylation is 1. The van der Waals surface area contributed by atoms with E-state index in [0.717, 1.165) is 5.56 Å². The van der Waals surface area contributed by atoms with Crippen LogP contribution in [-0.4, -0.2) is 45.3 Å². The van der Waals surface area contributed by atoms with Crippen LogP contribution < -0.4 is 19.5 Å². The topological polar surface area (TPSA) is 98.9 Å². The quantitative estimate of drug-likeness (QED) is 0.720.